The number of hydrogen-bond donors (Lipinski definition) is 2. The molecule has 2 unspecified atom stereocenters. The smallest absolute Gasteiger partial charge is 0.245 e. The van der Waals surface area contributed by atoms with Gasteiger partial charge in [-0.3, -0.25) is 9.59 Å². The molecular formula is C8H12N2O3. The Morgan fingerprint density at radius 3 is 2.69 bits per heavy atom. The van der Waals surface area contributed by atoms with E-state index in [1.54, 1.807) is 0 Å². The van der Waals surface area contributed by atoms with E-state index in [0.717, 1.165) is 0 Å². The molecule has 0 radical (unpaired) electrons. The lowest BCUT2D eigenvalue weighted by atomic mass is 9.98. The first-order valence-corrected chi connectivity index (χ1v) is 4.45. The van der Waals surface area contributed by atoms with Crippen LogP contribution in [-0.2, 0) is 9.59 Å². The molecule has 72 valence electrons. The molecule has 0 aromatic heterocycles. The van der Waals surface area contributed by atoms with E-state index >= 15 is 0 Å². The summed E-state index contributed by atoms with van der Waals surface area (Å²) < 4.78 is 0. The molecule has 2 amide bonds. The van der Waals surface area contributed by atoms with Gasteiger partial charge in [0.25, 0.3) is 0 Å². The molecule has 5 heteroatoms. The summed E-state index contributed by atoms with van der Waals surface area (Å²) in [4.78, 5) is 23.8. The summed E-state index contributed by atoms with van der Waals surface area (Å²) in [6.07, 6.45) is 0.328. The van der Waals surface area contributed by atoms with Crippen LogP contribution in [0.15, 0.2) is 0 Å². The highest BCUT2D eigenvalue weighted by atomic mass is 16.3. The first kappa shape index (κ1) is 8.50. The van der Waals surface area contributed by atoms with Gasteiger partial charge in [-0.15, -0.1) is 0 Å². The molecule has 0 bridgehead atoms. The first-order chi connectivity index (χ1) is 6.20. The monoisotopic (exact) mass is 184 g/mol. The highest BCUT2D eigenvalue weighted by Crippen LogP contribution is 2.19. The number of carbonyl (C=O) groups is 2. The SMILES string of the molecule is O=C1NCCC(O)C1N1CCC1=O. The van der Waals surface area contributed by atoms with Gasteiger partial charge in [-0.05, 0) is 6.42 Å². The van der Waals surface area contributed by atoms with E-state index < -0.39 is 12.1 Å². The van der Waals surface area contributed by atoms with Crippen LogP contribution in [-0.4, -0.2) is 47.1 Å². The lowest BCUT2D eigenvalue weighted by Gasteiger charge is -2.41. The van der Waals surface area contributed by atoms with Gasteiger partial charge in [0, 0.05) is 19.5 Å². The van der Waals surface area contributed by atoms with Gasteiger partial charge >= 0.3 is 0 Å². The molecule has 13 heavy (non-hydrogen) atoms. The van der Waals surface area contributed by atoms with Crippen molar-refractivity contribution >= 4 is 11.8 Å². The third-order valence-electron chi connectivity index (χ3n) is 2.60. The van der Waals surface area contributed by atoms with Crippen molar-refractivity contribution in [2.45, 2.75) is 25.0 Å². The van der Waals surface area contributed by atoms with Crippen molar-refractivity contribution in [3.8, 4) is 0 Å². The molecule has 2 aliphatic heterocycles. The number of aliphatic hydroxyl groups excluding tert-OH is 1. The molecule has 2 N–H and O–H groups in total. The van der Waals surface area contributed by atoms with Crippen molar-refractivity contribution in [2.24, 2.45) is 0 Å². The first-order valence-electron chi connectivity index (χ1n) is 4.45. The maximum absolute atomic E-state index is 11.3. The number of piperidine rings is 1. The molecule has 2 rings (SSSR count). The van der Waals surface area contributed by atoms with E-state index in [-0.39, 0.29) is 11.8 Å². The maximum atomic E-state index is 11.3. The van der Waals surface area contributed by atoms with Crippen molar-refractivity contribution < 1.29 is 14.7 Å². The average Bonchev–Trinajstić information content (AvgIpc) is 2.09. The van der Waals surface area contributed by atoms with E-state index in [9.17, 15) is 14.7 Å². The summed E-state index contributed by atoms with van der Waals surface area (Å²) in [6, 6.07) is -0.644. The fraction of sp³-hybridized carbons (Fsp3) is 0.750. The van der Waals surface area contributed by atoms with Crippen LogP contribution in [0.1, 0.15) is 12.8 Å². The maximum Gasteiger partial charge on any atom is 0.245 e. The molecule has 2 aliphatic rings. The Morgan fingerprint density at radius 2 is 2.23 bits per heavy atom. The van der Waals surface area contributed by atoms with E-state index in [4.69, 9.17) is 0 Å². The minimum Gasteiger partial charge on any atom is -0.390 e. The summed E-state index contributed by atoms with van der Waals surface area (Å²) in [6.45, 7) is 1.09. The van der Waals surface area contributed by atoms with E-state index in [2.05, 4.69) is 5.32 Å². The quantitative estimate of drug-likeness (QED) is 0.486. The summed E-state index contributed by atoms with van der Waals surface area (Å²) in [5, 5.41) is 12.2. The summed E-state index contributed by atoms with van der Waals surface area (Å²) in [5.41, 5.74) is 0. The summed E-state index contributed by atoms with van der Waals surface area (Å²) in [7, 11) is 0. The second-order valence-electron chi connectivity index (χ2n) is 3.43. The van der Waals surface area contributed by atoms with Crippen LogP contribution in [0, 0.1) is 0 Å². The second-order valence-corrected chi connectivity index (χ2v) is 3.43. The zero-order valence-electron chi connectivity index (χ0n) is 7.19. The molecule has 2 saturated heterocycles. The highest BCUT2D eigenvalue weighted by Gasteiger charge is 2.41. The molecule has 0 saturated carbocycles. The van der Waals surface area contributed by atoms with Crippen molar-refractivity contribution in [1.29, 1.82) is 0 Å². The normalized spacial score (nSPS) is 34.1. The molecule has 0 spiro atoms. The van der Waals surface area contributed by atoms with Gasteiger partial charge in [-0.2, -0.15) is 0 Å². The lowest BCUT2D eigenvalue weighted by molar-refractivity contribution is -0.155. The molecule has 0 aliphatic carbocycles. The zero-order valence-corrected chi connectivity index (χ0v) is 7.19. The third kappa shape index (κ3) is 1.29. The van der Waals surface area contributed by atoms with Crippen LogP contribution >= 0.6 is 0 Å². The average molecular weight is 184 g/mol. The Morgan fingerprint density at radius 1 is 1.46 bits per heavy atom. The molecule has 2 heterocycles. The number of nitrogens with zero attached hydrogens (tertiary/aromatic N) is 1. The van der Waals surface area contributed by atoms with Gasteiger partial charge in [-0.25, -0.2) is 0 Å². The van der Waals surface area contributed by atoms with Crippen LogP contribution in [0.2, 0.25) is 0 Å². The molecular weight excluding hydrogens is 172 g/mol. The number of rotatable bonds is 1. The van der Waals surface area contributed by atoms with Gasteiger partial charge in [0.15, 0.2) is 0 Å². The number of aliphatic hydroxyl groups is 1. The summed E-state index contributed by atoms with van der Waals surface area (Å²) in [5.74, 6) is -0.270. The van der Waals surface area contributed by atoms with E-state index in [1.807, 2.05) is 0 Å². The Balaban J connectivity index is 2.09. The third-order valence-corrected chi connectivity index (χ3v) is 2.60. The van der Waals surface area contributed by atoms with Crippen molar-refractivity contribution in [3.63, 3.8) is 0 Å². The molecule has 5 nitrogen and oxygen atoms in total. The topological polar surface area (TPSA) is 69.6 Å². The minimum atomic E-state index is -0.696. The predicted molar refractivity (Wildman–Crippen MR) is 43.8 cm³/mol. The van der Waals surface area contributed by atoms with Crippen LogP contribution < -0.4 is 5.32 Å². The summed E-state index contributed by atoms with van der Waals surface area (Å²) >= 11 is 0. The van der Waals surface area contributed by atoms with E-state index in [0.29, 0.717) is 25.9 Å². The minimum absolute atomic E-state index is 0.0406. The predicted octanol–water partition coefficient (Wildman–Crippen LogP) is -1.53. The van der Waals surface area contributed by atoms with Gasteiger partial charge in [0.05, 0.1) is 6.10 Å². The number of amides is 2. The Bertz CT molecular complexity index is 254. The van der Waals surface area contributed by atoms with Crippen LogP contribution in [0.5, 0.6) is 0 Å². The molecule has 0 aromatic carbocycles. The number of β-lactam (4-membered cyclic amide) rings is 1. The van der Waals surface area contributed by atoms with Gasteiger partial charge in [0.1, 0.15) is 6.04 Å². The van der Waals surface area contributed by atoms with Gasteiger partial charge < -0.3 is 15.3 Å². The fourth-order valence-corrected chi connectivity index (χ4v) is 1.76. The molecule has 2 atom stereocenters. The number of likely N-dealkylation sites (tertiary alicyclic amines) is 1. The fourth-order valence-electron chi connectivity index (χ4n) is 1.76. The van der Waals surface area contributed by atoms with Crippen LogP contribution in [0.3, 0.4) is 0 Å². The Labute approximate surface area is 75.7 Å². The van der Waals surface area contributed by atoms with Crippen molar-refractivity contribution in [1.82, 2.24) is 10.2 Å². The Hall–Kier alpha value is -1.10. The van der Waals surface area contributed by atoms with E-state index in [1.165, 1.54) is 4.90 Å². The molecule has 2 fully saturated rings. The number of nitrogens with one attached hydrogen (secondary N) is 1. The molecule has 0 aromatic rings. The largest absolute Gasteiger partial charge is 0.390 e. The number of carbonyl (C=O) groups excluding carboxylic acids is 2. The lowest BCUT2D eigenvalue weighted by Crippen LogP contribution is -2.63. The zero-order chi connectivity index (χ0) is 9.42. The van der Waals surface area contributed by atoms with Crippen molar-refractivity contribution in [3.05, 3.63) is 0 Å². The standard InChI is InChI=1S/C8H12N2O3/c11-5-1-3-9-8(13)7(5)10-4-2-6(10)12/h5,7,11H,1-4H2,(H,9,13). The van der Waals surface area contributed by atoms with Crippen LogP contribution in [0.25, 0.3) is 0 Å². The highest BCUT2D eigenvalue weighted by molar-refractivity contribution is 5.91. The van der Waals surface area contributed by atoms with Crippen molar-refractivity contribution in [2.75, 3.05) is 13.1 Å². The second kappa shape index (κ2) is 2.99. The van der Waals surface area contributed by atoms with Gasteiger partial charge in [0.2, 0.25) is 11.8 Å². The van der Waals surface area contributed by atoms with Crippen LogP contribution in [0.4, 0.5) is 0 Å². The van der Waals surface area contributed by atoms with Gasteiger partial charge in [-0.1, -0.05) is 0 Å². The number of hydrogen-bond acceptors (Lipinski definition) is 3. The Kier molecular flexibility index (Phi) is 1.95.